The molecule has 196 valence electrons. The van der Waals surface area contributed by atoms with E-state index in [9.17, 15) is 9.90 Å². The zero-order valence-corrected chi connectivity index (χ0v) is 22.7. The lowest BCUT2D eigenvalue weighted by Crippen LogP contribution is -2.51. The number of benzene rings is 1. The second-order valence-corrected chi connectivity index (χ2v) is 12.3. The zero-order valence-electron chi connectivity index (χ0n) is 22.7. The van der Waals surface area contributed by atoms with Gasteiger partial charge in [-0.3, -0.25) is 9.78 Å². The topological polar surface area (TPSA) is 77.5 Å². The van der Waals surface area contributed by atoms with Gasteiger partial charge in [-0.05, 0) is 85.1 Å². The number of aliphatic hydroxyl groups is 1. The van der Waals surface area contributed by atoms with E-state index in [0.29, 0.717) is 24.9 Å². The fraction of sp³-hybridized carbons (Fsp3) is 0.600. The Labute approximate surface area is 216 Å². The Hall–Kier alpha value is -2.44. The molecule has 0 unspecified atom stereocenters. The van der Waals surface area contributed by atoms with Gasteiger partial charge >= 0.3 is 0 Å². The standard InChI is InChI=1S/C30H44N4O2/c1-28(2)18-26(32-20-22-8-10-24(11-9-22)34(4)5)30(15-14-29(3,36)17-25(28)30)13-12-27(35)33-21-23-7-6-16-31-19-23/h6-11,16,19,25-26,32,36H,12-15,17-18,20-21H2,1-5H3,(H,33,35)/t25-,26-,29-,30-/m0/s1. The van der Waals surface area contributed by atoms with Crippen molar-refractivity contribution in [3.8, 4) is 0 Å². The molecule has 1 aromatic heterocycles. The van der Waals surface area contributed by atoms with Crippen molar-refractivity contribution in [2.75, 3.05) is 19.0 Å². The first-order valence-electron chi connectivity index (χ1n) is 13.4. The number of hydrogen-bond acceptors (Lipinski definition) is 5. The Morgan fingerprint density at radius 3 is 2.47 bits per heavy atom. The minimum atomic E-state index is -0.634. The molecule has 1 heterocycles. The predicted octanol–water partition coefficient (Wildman–Crippen LogP) is 4.67. The molecule has 4 rings (SSSR count). The highest BCUT2D eigenvalue weighted by Crippen LogP contribution is 2.63. The van der Waals surface area contributed by atoms with Crippen molar-refractivity contribution in [2.45, 2.75) is 84.0 Å². The van der Waals surface area contributed by atoms with Crippen molar-refractivity contribution in [3.05, 3.63) is 59.9 Å². The molecule has 0 radical (unpaired) electrons. The minimum absolute atomic E-state index is 0.000952. The number of hydrogen-bond donors (Lipinski definition) is 3. The first-order valence-corrected chi connectivity index (χ1v) is 13.4. The Morgan fingerprint density at radius 1 is 1.06 bits per heavy atom. The Bertz CT molecular complexity index is 1020. The van der Waals surface area contributed by atoms with Crippen LogP contribution in [0.4, 0.5) is 5.69 Å². The van der Waals surface area contributed by atoms with Gasteiger partial charge in [0.25, 0.3) is 0 Å². The van der Waals surface area contributed by atoms with Crippen LogP contribution < -0.4 is 15.5 Å². The fourth-order valence-corrected chi connectivity index (χ4v) is 6.80. The average Bonchev–Trinajstić information content (AvgIpc) is 3.06. The molecule has 36 heavy (non-hydrogen) atoms. The van der Waals surface area contributed by atoms with E-state index >= 15 is 0 Å². The molecule has 1 aromatic carbocycles. The molecule has 0 saturated heterocycles. The quantitative estimate of drug-likeness (QED) is 0.474. The van der Waals surface area contributed by atoms with Gasteiger partial charge in [-0.25, -0.2) is 0 Å². The molecular weight excluding hydrogens is 448 g/mol. The van der Waals surface area contributed by atoms with Crippen LogP contribution in [0.2, 0.25) is 0 Å². The number of anilines is 1. The maximum atomic E-state index is 12.9. The Kier molecular flexibility index (Phi) is 7.77. The molecule has 3 N–H and O–H groups in total. The van der Waals surface area contributed by atoms with E-state index in [1.165, 1.54) is 11.3 Å². The first-order chi connectivity index (χ1) is 17.0. The normalized spacial score (nSPS) is 28.9. The summed E-state index contributed by atoms with van der Waals surface area (Å²) < 4.78 is 0. The number of rotatable bonds is 9. The zero-order chi connectivity index (χ0) is 26.0. The molecule has 2 saturated carbocycles. The van der Waals surface area contributed by atoms with Crippen LogP contribution in [0.3, 0.4) is 0 Å². The van der Waals surface area contributed by atoms with E-state index in [-0.39, 0.29) is 16.7 Å². The van der Waals surface area contributed by atoms with Crippen molar-refractivity contribution in [1.82, 2.24) is 15.6 Å². The van der Waals surface area contributed by atoms with Crippen LogP contribution in [0.25, 0.3) is 0 Å². The maximum absolute atomic E-state index is 12.9. The molecule has 2 fully saturated rings. The molecular formula is C30H44N4O2. The van der Waals surface area contributed by atoms with E-state index in [0.717, 1.165) is 44.2 Å². The monoisotopic (exact) mass is 492 g/mol. The molecule has 2 aliphatic rings. The highest BCUT2D eigenvalue weighted by atomic mass is 16.3. The van der Waals surface area contributed by atoms with Crippen LogP contribution in [0, 0.1) is 16.7 Å². The Morgan fingerprint density at radius 2 is 1.81 bits per heavy atom. The summed E-state index contributed by atoms with van der Waals surface area (Å²) in [5.41, 5.74) is 2.95. The van der Waals surface area contributed by atoms with E-state index in [1.54, 1.807) is 12.4 Å². The molecule has 6 nitrogen and oxygen atoms in total. The number of carbonyl (C=O) groups is 1. The number of nitrogens with one attached hydrogen (secondary N) is 2. The molecule has 4 atom stereocenters. The number of pyridine rings is 1. The van der Waals surface area contributed by atoms with E-state index in [4.69, 9.17) is 0 Å². The summed E-state index contributed by atoms with van der Waals surface area (Å²) in [5, 5.41) is 18.0. The summed E-state index contributed by atoms with van der Waals surface area (Å²) >= 11 is 0. The van der Waals surface area contributed by atoms with Gasteiger partial charge in [-0.15, -0.1) is 0 Å². The van der Waals surface area contributed by atoms with Crippen LogP contribution in [-0.2, 0) is 17.9 Å². The van der Waals surface area contributed by atoms with Crippen molar-refractivity contribution < 1.29 is 9.90 Å². The van der Waals surface area contributed by atoms with Crippen LogP contribution in [0.15, 0.2) is 48.8 Å². The number of nitrogens with zero attached hydrogens (tertiary/aromatic N) is 2. The van der Waals surface area contributed by atoms with Gasteiger partial charge in [-0.1, -0.05) is 32.0 Å². The van der Waals surface area contributed by atoms with E-state index in [2.05, 4.69) is 72.7 Å². The van der Waals surface area contributed by atoms with Gasteiger partial charge in [0.2, 0.25) is 5.91 Å². The summed E-state index contributed by atoms with van der Waals surface area (Å²) in [4.78, 5) is 19.2. The maximum Gasteiger partial charge on any atom is 0.220 e. The van der Waals surface area contributed by atoms with Gasteiger partial charge in [0, 0.05) is 57.7 Å². The van der Waals surface area contributed by atoms with Gasteiger partial charge in [0.05, 0.1) is 5.60 Å². The lowest BCUT2D eigenvalue weighted by atomic mass is 9.57. The summed E-state index contributed by atoms with van der Waals surface area (Å²) in [5.74, 6) is 0.459. The van der Waals surface area contributed by atoms with Crippen molar-refractivity contribution in [1.29, 1.82) is 0 Å². The number of aromatic nitrogens is 1. The van der Waals surface area contributed by atoms with Crippen molar-refractivity contribution in [2.24, 2.45) is 16.7 Å². The first kappa shape index (κ1) is 26.6. The van der Waals surface area contributed by atoms with Crippen LogP contribution in [0.5, 0.6) is 0 Å². The van der Waals surface area contributed by atoms with Gasteiger partial charge < -0.3 is 20.6 Å². The van der Waals surface area contributed by atoms with Gasteiger partial charge in [0.1, 0.15) is 0 Å². The van der Waals surface area contributed by atoms with Gasteiger partial charge in [-0.2, -0.15) is 0 Å². The SMILES string of the molecule is CN(C)c1ccc(CN[C@H]2CC(C)(C)[C@@H]3C[C@@](C)(O)CC[C@]23CCC(=O)NCc2cccnc2)cc1. The summed E-state index contributed by atoms with van der Waals surface area (Å²) in [6.07, 6.45) is 8.47. The third kappa shape index (κ3) is 5.92. The van der Waals surface area contributed by atoms with Crippen LogP contribution >= 0.6 is 0 Å². The summed E-state index contributed by atoms with van der Waals surface area (Å²) in [7, 11) is 4.12. The Balaban J connectivity index is 1.47. The molecule has 0 spiro atoms. The molecule has 0 aliphatic heterocycles. The summed E-state index contributed by atoms with van der Waals surface area (Å²) in [6.45, 7) is 8.01. The second-order valence-electron chi connectivity index (χ2n) is 12.3. The lowest BCUT2D eigenvalue weighted by molar-refractivity contribution is -0.123. The number of amides is 1. The average molecular weight is 493 g/mol. The summed E-state index contributed by atoms with van der Waals surface area (Å²) in [6, 6.07) is 12.9. The molecule has 0 bridgehead atoms. The largest absolute Gasteiger partial charge is 0.390 e. The lowest BCUT2D eigenvalue weighted by Gasteiger charge is -2.51. The van der Waals surface area contributed by atoms with E-state index < -0.39 is 5.60 Å². The molecule has 2 aromatic rings. The van der Waals surface area contributed by atoms with Gasteiger partial charge in [0.15, 0.2) is 0 Å². The van der Waals surface area contributed by atoms with Crippen LogP contribution in [0.1, 0.15) is 70.4 Å². The number of carbonyl (C=O) groups excluding carboxylic acids is 1. The highest BCUT2D eigenvalue weighted by molar-refractivity contribution is 5.75. The fourth-order valence-electron chi connectivity index (χ4n) is 6.80. The van der Waals surface area contributed by atoms with Crippen molar-refractivity contribution >= 4 is 11.6 Å². The molecule has 2 aliphatic carbocycles. The second kappa shape index (κ2) is 10.5. The third-order valence-electron chi connectivity index (χ3n) is 8.87. The predicted molar refractivity (Wildman–Crippen MR) is 146 cm³/mol. The minimum Gasteiger partial charge on any atom is -0.390 e. The van der Waals surface area contributed by atoms with Crippen LogP contribution in [-0.4, -0.2) is 41.7 Å². The smallest absolute Gasteiger partial charge is 0.220 e. The highest BCUT2D eigenvalue weighted by Gasteiger charge is 2.61. The van der Waals surface area contributed by atoms with E-state index in [1.807, 2.05) is 19.1 Å². The molecule has 1 amide bonds. The number of fused-ring (bicyclic) bond motifs is 1. The third-order valence-corrected chi connectivity index (χ3v) is 8.87. The molecule has 6 heteroatoms. The van der Waals surface area contributed by atoms with Crippen molar-refractivity contribution in [3.63, 3.8) is 0 Å².